The monoisotopic (exact) mass is 284 g/mol. The van der Waals surface area contributed by atoms with E-state index < -0.39 is 4.92 Å². The first-order valence-electron chi connectivity index (χ1n) is 6.12. The molecular formula is C15H9FN2O3. The average Bonchev–Trinajstić information content (AvgIpc) is 2.47. The van der Waals surface area contributed by atoms with Crippen LogP contribution in [0.3, 0.4) is 0 Å². The molecule has 0 amide bonds. The van der Waals surface area contributed by atoms with Gasteiger partial charge in [-0.05, 0) is 35.9 Å². The molecule has 6 heteroatoms. The van der Waals surface area contributed by atoms with Gasteiger partial charge < -0.3 is 4.98 Å². The maximum Gasteiger partial charge on any atom is 0.270 e. The lowest BCUT2D eigenvalue weighted by Crippen LogP contribution is -2.03. The van der Waals surface area contributed by atoms with Crippen LogP contribution >= 0.6 is 0 Å². The quantitative estimate of drug-likeness (QED) is 0.579. The second kappa shape index (κ2) is 4.82. The number of nitrogens with zero attached hydrogens (tertiary/aromatic N) is 1. The van der Waals surface area contributed by atoms with Gasteiger partial charge in [-0.25, -0.2) is 4.39 Å². The summed E-state index contributed by atoms with van der Waals surface area (Å²) >= 11 is 0. The number of H-pyrrole nitrogens is 1. The number of aromatic nitrogens is 1. The average molecular weight is 284 g/mol. The third-order valence-electron chi connectivity index (χ3n) is 3.18. The summed E-state index contributed by atoms with van der Waals surface area (Å²) in [6, 6.07) is 11.1. The highest BCUT2D eigenvalue weighted by atomic mass is 19.1. The normalized spacial score (nSPS) is 10.7. The van der Waals surface area contributed by atoms with E-state index in [1.165, 1.54) is 36.4 Å². The molecule has 104 valence electrons. The molecular weight excluding hydrogens is 275 g/mol. The number of benzene rings is 2. The van der Waals surface area contributed by atoms with Crippen molar-refractivity contribution in [2.45, 2.75) is 0 Å². The highest BCUT2D eigenvalue weighted by molar-refractivity contribution is 5.83. The van der Waals surface area contributed by atoms with Crippen molar-refractivity contribution in [2.75, 3.05) is 0 Å². The number of nitro groups is 1. The highest BCUT2D eigenvalue weighted by Crippen LogP contribution is 2.21. The lowest BCUT2D eigenvalue weighted by atomic mass is 10.1. The number of non-ortho nitro benzene ring substituents is 1. The van der Waals surface area contributed by atoms with Crippen LogP contribution in [0, 0.1) is 15.9 Å². The van der Waals surface area contributed by atoms with Gasteiger partial charge in [0, 0.05) is 23.9 Å². The third kappa shape index (κ3) is 2.38. The minimum atomic E-state index is -0.549. The Kier molecular flexibility index (Phi) is 2.98. The molecule has 1 heterocycles. The van der Waals surface area contributed by atoms with Crippen LogP contribution in [0.15, 0.2) is 53.3 Å². The number of fused-ring (bicyclic) bond motifs is 1. The molecule has 5 nitrogen and oxygen atoms in total. The summed E-state index contributed by atoms with van der Waals surface area (Å²) in [7, 11) is 0. The van der Waals surface area contributed by atoms with E-state index in [0.717, 1.165) is 0 Å². The van der Waals surface area contributed by atoms with Gasteiger partial charge in [-0.15, -0.1) is 0 Å². The van der Waals surface area contributed by atoms with E-state index in [4.69, 9.17) is 0 Å². The number of nitrogens with one attached hydrogen (secondary N) is 1. The maximum atomic E-state index is 12.9. The summed E-state index contributed by atoms with van der Waals surface area (Å²) in [6.07, 6.45) is 0. The van der Waals surface area contributed by atoms with E-state index in [9.17, 15) is 19.3 Å². The van der Waals surface area contributed by atoms with Crippen LogP contribution in [0.1, 0.15) is 0 Å². The molecule has 0 aliphatic heterocycles. The predicted molar refractivity (Wildman–Crippen MR) is 76.6 cm³/mol. The molecule has 0 aliphatic carbocycles. The lowest BCUT2D eigenvalue weighted by Gasteiger charge is -2.04. The Morgan fingerprint density at radius 1 is 1.05 bits per heavy atom. The van der Waals surface area contributed by atoms with Crippen LogP contribution in [-0.2, 0) is 0 Å². The first kappa shape index (κ1) is 13.0. The molecule has 0 unspecified atom stereocenters. The summed E-state index contributed by atoms with van der Waals surface area (Å²) in [5.74, 6) is -0.363. The number of pyridine rings is 1. The minimum absolute atomic E-state index is 0.137. The molecule has 0 fully saturated rings. The van der Waals surface area contributed by atoms with Crippen molar-refractivity contribution in [2.24, 2.45) is 0 Å². The minimum Gasteiger partial charge on any atom is -0.354 e. The summed E-state index contributed by atoms with van der Waals surface area (Å²) in [4.78, 5) is 25.3. The first-order valence-corrected chi connectivity index (χ1v) is 6.12. The van der Waals surface area contributed by atoms with Crippen LogP contribution in [0.2, 0.25) is 0 Å². The third-order valence-corrected chi connectivity index (χ3v) is 3.18. The molecule has 1 aromatic heterocycles. The molecule has 3 rings (SSSR count). The Bertz CT molecular complexity index is 901. The predicted octanol–water partition coefficient (Wildman–Crippen LogP) is 3.24. The Hall–Kier alpha value is -3.02. The van der Waals surface area contributed by atoms with Crippen molar-refractivity contribution >= 4 is 16.6 Å². The van der Waals surface area contributed by atoms with Gasteiger partial charge in [0.2, 0.25) is 0 Å². The van der Waals surface area contributed by atoms with E-state index in [0.29, 0.717) is 16.8 Å². The van der Waals surface area contributed by atoms with Crippen LogP contribution in [0.5, 0.6) is 0 Å². The second-order valence-electron chi connectivity index (χ2n) is 4.54. The van der Waals surface area contributed by atoms with Gasteiger partial charge in [0.15, 0.2) is 5.43 Å². The summed E-state index contributed by atoms with van der Waals surface area (Å²) in [5, 5.41) is 11.0. The van der Waals surface area contributed by atoms with E-state index in [2.05, 4.69) is 4.98 Å². The fourth-order valence-electron chi connectivity index (χ4n) is 2.13. The molecule has 0 aliphatic rings. The van der Waals surface area contributed by atoms with Crippen molar-refractivity contribution in [3.8, 4) is 11.3 Å². The smallest absolute Gasteiger partial charge is 0.270 e. The summed E-state index contributed by atoms with van der Waals surface area (Å²) in [5.41, 5.74) is 1.22. The first-order chi connectivity index (χ1) is 10.0. The van der Waals surface area contributed by atoms with Gasteiger partial charge in [0.25, 0.3) is 5.69 Å². The number of nitro benzene ring substituents is 1. The van der Waals surface area contributed by atoms with Crippen LogP contribution in [0.25, 0.3) is 22.2 Å². The SMILES string of the molecule is O=c1cc(-c2ccc(F)cc2)[nH]c2ccc([N+](=O)[O-])cc12. The standard InChI is InChI=1S/C15H9FN2O3/c16-10-3-1-9(2-4-10)14-8-15(19)12-7-11(18(20)21)5-6-13(12)17-14/h1-8H,(H,17,19). The molecule has 1 N–H and O–H groups in total. The zero-order valence-electron chi connectivity index (χ0n) is 10.7. The summed E-state index contributed by atoms with van der Waals surface area (Å²) in [6.45, 7) is 0. The van der Waals surface area contributed by atoms with E-state index in [-0.39, 0.29) is 22.3 Å². The van der Waals surface area contributed by atoms with Crippen molar-refractivity contribution in [3.63, 3.8) is 0 Å². The highest BCUT2D eigenvalue weighted by Gasteiger charge is 2.10. The van der Waals surface area contributed by atoms with Crippen molar-refractivity contribution in [1.82, 2.24) is 4.98 Å². The molecule has 21 heavy (non-hydrogen) atoms. The number of hydrogen-bond acceptors (Lipinski definition) is 3. The zero-order chi connectivity index (χ0) is 15.0. The largest absolute Gasteiger partial charge is 0.354 e. The number of halogens is 1. The van der Waals surface area contributed by atoms with E-state index in [1.54, 1.807) is 12.1 Å². The van der Waals surface area contributed by atoms with Gasteiger partial charge in [0.05, 0.1) is 15.8 Å². The van der Waals surface area contributed by atoms with Crippen LogP contribution in [0.4, 0.5) is 10.1 Å². The van der Waals surface area contributed by atoms with E-state index >= 15 is 0 Å². The molecule has 3 aromatic rings. The van der Waals surface area contributed by atoms with Crippen molar-refractivity contribution in [3.05, 3.63) is 74.7 Å². The summed E-state index contributed by atoms with van der Waals surface area (Å²) < 4.78 is 12.9. The van der Waals surface area contributed by atoms with Crippen LogP contribution < -0.4 is 5.43 Å². The van der Waals surface area contributed by atoms with Gasteiger partial charge in [-0.3, -0.25) is 14.9 Å². The molecule has 2 aromatic carbocycles. The number of aromatic amines is 1. The number of hydrogen-bond donors (Lipinski definition) is 1. The van der Waals surface area contributed by atoms with Crippen LogP contribution in [-0.4, -0.2) is 9.91 Å². The second-order valence-corrected chi connectivity index (χ2v) is 4.54. The lowest BCUT2D eigenvalue weighted by molar-refractivity contribution is -0.384. The van der Waals surface area contributed by atoms with Gasteiger partial charge in [0.1, 0.15) is 5.82 Å². The molecule has 0 saturated heterocycles. The molecule has 0 saturated carbocycles. The van der Waals surface area contributed by atoms with Crippen molar-refractivity contribution in [1.29, 1.82) is 0 Å². The molecule has 0 bridgehead atoms. The number of rotatable bonds is 2. The Labute approximate surface area is 117 Å². The fraction of sp³-hybridized carbons (Fsp3) is 0. The fourth-order valence-corrected chi connectivity index (χ4v) is 2.13. The topological polar surface area (TPSA) is 76.0 Å². The van der Waals surface area contributed by atoms with Crippen molar-refractivity contribution < 1.29 is 9.31 Å². The van der Waals surface area contributed by atoms with E-state index in [1.807, 2.05) is 0 Å². The Morgan fingerprint density at radius 2 is 1.76 bits per heavy atom. The molecule has 0 spiro atoms. The zero-order valence-corrected chi connectivity index (χ0v) is 10.7. The maximum absolute atomic E-state index is 12.9. The van der Waals surface area contributed by atoms with Gasteiger partial charge >= 0.3 is 0 Å². The van der Waals surface area contributed by atoms with Gasteiger partial charge in [-0.1, -0.05) is 0 Å². The Morgan fingerprint density at radius 3 is 2.43 bits per heavy atom. The van der Waals surface area contributed by atoms with Gasteiger partial charge in [-0.2, -0.15) is 0 Å². The molecule has 0 atom stereocenters. The molecule has 0 radical (unpaired) electrons. The Balaban J connectivity index is 2.20.